The van der Waals surface area contributed by atoms with Crippen LogP contribution in [-0.4, -0.2) is 37.3 Å². The number of carbonyl (C=O) groups is 2. The van der Waals surface area contributed by atoms with Gasteiger partial charge < -0.3 is 19.5 Å². The summed E-state index contributed by atoms with van der Waals surface area (Å²) in [6, 6.07) is 15.0. The van der Waals surface area contributed by atoms with Gasteiger partial charge in [-0.3, -0.25) is 4.79 Å². The number of benzene rings is 2. The van der Waals surface area contributed by atoms with Crippen LogP contribution < -0.4 is 10.1 Å². The van der Waals surface area contributed by atoms with Crippen molar-refractivity contribution in [2.45, 2.75) is 32.0 Å². The van der Waals surface area contributed by atoms with Crippen molar-refractivity contribution in [3.63, 3.8) is 0 Å². The van der Waals surface area contributed by atoms with Crippen LogP contribution in [-0.2, 0) is 14.3 Å². The number of anilines is 1. The van der Waals surface area contributed by atoms with E-state index in [9.17, 15) is 9.59 Å². The van der Waals surface area contributed by atoms with E-state index in [1.165, 1.54) is 6.92 Å². The van der Waals surface area contributed by atoms with E-state index < -0.39 is 18.0 Å². The number of amides is 1. The molecular formula is C22H22N2O5. The smallest absolute Gasteiger partial charge is 0.338 e. The fourth-order valence-corrected chi connectivity index (χ4v) is 2.84. The van der Waals surface area contributed by atoms with Crippen molar-refractivity contribution >= 4 is 17.6 Å². The molecule has 1 heterocycles. The van der Waals surface area contributed by atoms with Gasteiger partial charge in [-0.05, 0) is 62.2 Å². The maximum absolute atomic E-state index is 12.3. The lowest BCUT2D eigenvalue weighted by atomic mass is 10.2. The van der Waals surface area contributed by atoms with Gasteiger partial charge >= 0.3 is 5.97 Å². The van der Waals surface area contributed by atoms with E-state index in [-0.39, 0.29) is 6.10 Å². The molecule has 150 valence electrons. The summed E-state index contributed by atoms with van der Waals surface area (Å²) in [4.78, 5) is 24.5. The minimum Gasteiger partial charge on any atom is -0.491 e. The summed E-state index contributed by atoms with van der Waals surface area (Å²) in [5, 5.41) is 11.5. The topological polar surface area (TPSA) is 97.7 Å². The first-order chi connectivity index (χ1) is 14.0. The monoisotopic (exact) mass is 394 g/mol. The Bertz CT molecular complexity index is 898. The number of rotatable bonds is 7. The van der Waals surface area contributed by atoms with Crippen molar-refractivity contribution in [1.29, 1.82) is 5.26 Å². The Morgan fingerprint density at radius 1 is 1.28 bits per heavy atom. The summed E-state index contributed by atoms with van der Waals surface area (Å²) >= 11 is 0. The maximum atomic E-state index is 12.3. The molecule has 7 nitrogen and oxygen atoms in total. The summed E-state index contributed by atoms with van der Waals surface area (Å²) in [6.45, 7) is 2.74. The quantitative estimate of drug-likeness (QED) is 0.724. The number of ether oxygens (including phenoxy) is 3. The zero-order valence-corrected chi connectivity index (χ0v) is 16.1. The highest BCUT2D eigenvalue weighted by atomic mass is 16.5. The number of hydrogen-bond acceptors (Lipinski definition) is 6. The Labute approximate surface area is 169 Å². The molecule has 1 aliphatic heterocycles. The molecule has 0 aliphatic carbocycles. The van der Waals surface area contributed by atoms with E-state index in [0.29, 0.717) is 29.2 Å². The molecule has 0 aromatic heterocycles. The Balaban J connectivity index is 1.50. The van der Waals surface area contributed by atoms with Crippen LogP contribution in [0.15, 0.2) is 48.5 Å². The van der Waals surface area contributed by atoms with Crippen LogP contribution in [0.3, 0.4) is 0 Å². The second-order valence-corrected chi connectivity index (χ2v) is 6.70. The minimum absolute atomic E-state index is 0.118. The predicted octanol–water partition coefficient (Wildman–Crippen LogP) is 3.30. The summed E-state index contributed by atoms with van der Waals surface area (Å²) in [7, 11) is 0. The predicted molar refractivity (Wildman–Crippen MR) is 106 cm³/mol. The van der Waals surface area contributed by atoms with Gasteiger partial charge in [0, 0.05) is 12.3 Å². The van der Waals surface area contributed by atoms with Gasteiger partial charge in [0.15, 0.2) is 6.10 Å². The zero-order valence-electron chi connectivity index (χ0n) is 16.1. The van der Waals surface area contributed by atoms with Crippen molar-refractivity contribution in [2.75, 3.05) is 18.5 Å². The molecule has 2 atom stereocenters. The Kier molecular flexibility index (Phi) is 6.82. The van der Waals surface area contributed by atoms with Gasteiger partial charge in [0.1, 0.15) is 12.4 Å². The number of carbonyl (C=O) groups excluding carboxylic acids is 2. The number of nitriles is 1. The van der Waals surface area contributed by atoms with Crippen molar-refractivity contribution < 1.29 is 23.8 Å². The first-order valence-corrected chi connectivity index (χ1v) is 9.41. The average molecular weight is 394 g/mol. The molecule has 2 aromatic rings. The van der Waals surface area contributed by atoms with Crippen LogP contribution in [0, 0.1) is 11.3 Å². The number of nitrogens with zero attached hydrogens (tertiary/aromatic N) is 1. The van der Waals surface area contributed by atoms with Crippen LogP contribution in [0.1, 0.15) is 35.7 Å². The first-order valence-electron chi connectivity index (χ1n) is 9.41. The zero-order chi connectivity index (χ0) is 20.6. The van der Waals surface area contributed by atoms with E-state index in [1.54, 1.807) is 48.5 Å². The standard InChI is InChI=1S/C22H22N2O5/c1-15(21(25)24-18-5-2-4-16(12-18)13-23)29-22(26)17-7-9-19(10-8-17)28-14-20-6-3-11-27-20/h2,4-5,7-10,12,15,20H,3,6,11,14H2,1H3,(H,24,25)/t15-,20-/m0/s1. The minimum atomic E-state index is -0.997. The second-order valence-electron chi connectivity index (χ2n) is 6.70. The van der Waals surface area contributed by atoms with Crippen LogP contribution in [0.5, 0.6) is 5.75 Å². The lowest BCUT2D eigenvalue weighted by molar-refractivity contribution is -0.123. The molecular weight excluding hydrogens is 372 g/mol. The van der Waals surface area contributed by atoms with Gasteiger partial charge in [0.25, 0.3) is 5.91 Å². The molecule has 1 N–H and O–H groups in total. The third kappa shape index (κ3) is 5.80. The highest BCUT2D eigenvalue weighted by Crippen LogP contribution is 2.17. The van der Waals surface area contributed by atoms with Crippen LogP contribution in [0.4, 0.5) is 5.69 Å². The molecule has 29 heavy (non-hydrogen) atoms. The molecule has 0 spiro atoms. The van der Waals surface area contributed by atoms with Crippen molar-refractivity contribution in [1.82, 2.24) is 0 Å². The van der Waals surface area contributed by atoms with Crippen LogP contribution in [0.2, 0.25) is 0 Å². The molecule has 1 amide bonds. The third-order valence-corrected chi connectivity index (χ3v) is 4.46. The van der Waals surface area contributed by atoms with Gasteiger partial charge in [-0.1, -0.05) is 6.07 Å². The summed E-state index contributed by atoms with van der Waals surface area (Å²) in [5.41, 5.74) is 1.21. The van der Waals surface area contributed by atoms with E-state index >= 15 is 0 Å². The van der Waals surface area contributed by atoms with Gasteiger partial charge in [0.2, 0.25) is 0 Å². The number of nitrogens with one attached hydrogen (secondary N) is 1. The SMILES string of the molecule is C[C@H](OC(=O)c1ccc(OC[C@@H]2CCCO2)cc1)C(=O)Nc1cccc(C#N)c1. The van der Waals surface area contributed by atoms with E-state index in [4.69, 9.17) is 19.5 Å². The van der Waals surface area contributed by atoms with Crippen LogP contribution in [0.25, 0.3) is 0 Å². The van der Waals surface area contributed by atoms with Gasteiger partial charge in [-0.15, -0.1) is 0 Å². The number of hydrogen-bond donors (Lipinski definition) is 1. The normalized spacial score (nSPS) is 16.5. The average Bonchev–Trinajstić information content (AvgIpc) is 3.26. The highest BCUT2D eigenvalue weighted by molar-refractivity contribution is 5.97. The molecule has 1 aliphatic rings. The molecule has 0 bridgehead atoms. The fourth-order valence-electron chi connectivity index (χ4n) is 2.84. The third-order valence-electron chi connectivity index (χ3n) is 4.46. The van der Waals surface area contributed by atoms with E-state index in [0.717, 1.165) is 19.4 Å². The largest absolute Gasteiger partial charge is 0.491 e. The summed E-state index contributed by atoms with van der Waals surface area (Å²) < 4.78 is 16.4. The van der Waals surface area contributed by atoms with Gasteiger partial charge in [-0.25, -0.2) is 4.79 Å². The van der Waals surface area contributed by atoms with Crippen LogP contribution >= 0.6 is 0 Å². The molecule has 2 aromatic carbocycles. The molecule has 7 heteroatoms. The Morgan fingerprint density at radius 3 is 2.76 bits per heavy atom. The highest BCUT2D eigenvalue weighted by Gasteiger charge is 2.20. The Hall–Kier alpha value is -3.37. The van der Waals surface area contributed by atoms with E-state index in [2.05, 4.69) is 5.32 Å². The molecule has 0 unspecified atom stereocenters. The van der Waals surface area contributed by atoms with Gasteiger partial charge in [0.05, 0.1) is 23.3 Å². The number of esters is 1. The molecule has 0 saturated carbocycles. The molecule has 3 rings (SSSR count). The Morgan fingerprint density at radius 2 is 2.07 bits per heavy atom. The lowest BCUT2D eigenvalue weighted by Gasteiger charge is -2.14. The van der Waals surface area contributed by atoms with E-state index in [1.807, 2.05) is 6.07 Å². The summed E-state index contributed by atoms with van der Waals surface area (Å²) in [6.07, 6.45) is 1.16. The second kappa shape index (κ2) is 9.71. The fraction of sp³-hybridized carbons (Fsp3) is 0.318. The maximum Gasteiger partial charge on any atom is 0.338 e. The molecule has 1 fully saturated rings. The van der Waals surface area contributed by atoms with Crippen molar-refractivity contribution in [3.05, 3.63) is 59.7 Å². The summed E-state index contributed by atoms with van der Waals surface area (Å²) in [5.74, 6) is -0.450. The lowest BCUT2D eigenvalue weighted by Crippen LogP contribution is -2.30. The first kappa shape index (κ1) is 20.4. The van der Waals surface area contributed by atoms with Crippen molar-refractivity contribution in [2.24, 2.45) is 0 Å². The van der Waals surface area contributed by atoms with Crippen molar-refractivity contribution in [3.8, 4) is 11.8 Å². The molecule has 0 radical (unpaired) electrons. The van der Waals surface area contributed by atoms with Gasteiger partial charge in [-0.2, -0.15) is 5.26 Å². The molecule has 1 saturated heterocycles.